The molecule has 4 rings (SSSR count). The molecule has 1 heterocycles. The van der Waals surface area contributed by atoms with Gasteiger partial charge in [-0.1, -0.05) is 97.9 Å². The van der Waals surface area contributed by atoms with E-state index in [9.17, 15) is 9.59 Å². The number of hydrogen-bond donors (Lipinski definition) is 0. The van der Waals surface area contributed by atoms with Gasteiger partial charge >= 0.3 is 12.1 Å². The fourth-order valence-electron chi connectivity index (χ4n) is 4.30. The average Bonchev–Trinajstić information content (AvgIpc) is 2.92. The predicted molar refractivity (Wildman–Crippen MR) is 137 cm³/mol. The van der Waals surface area contributed by atoms with Crippen molar-refractivity contribution in [2.45, 2.75) is 51.7 Å². The topological polar surface area (TPSA) is 65.1 Å². The molecular weight excluding hydrogens is 454 g/mol. The Bertz CT molecular complexity index is 1090. The summed E-state index contributed by atoms with van der Waals surface area (Å²) in [6.07, 6.45) is 0.420. The first kappa shape index (κ1) is 25.5. The van der Waals surface area contributed by atoms with E-state index in [1.807, 2.05) is 97.9 Å². The number of cyclic esters (lactones) is 1. The van der Waals surface area contributed by atoms with Crippen LogP contribution in [0, 0.1) is 5.92 Å². The Morgan fingerprint density at radius 1 is 0.861 bits per heavy atom. The molecule has 36 heavy (non-hydrogen) atoms. The molecule has 3 atom stereocenters. The number of carbonyl (C=O) groups is 2. The van der Waals surface area contributed by atoms with Gasteiger partial charge in [0.1, 0.15) is 12.7 Å². The minimum absolute atomic E-state index is 0.153. The molecule has 0 aliphatic carbocycles. The second kappa shape index (κ2) is 12.9. The summed E-state index contributed by atoms with van der Waals surface area (Å²) in [5.74, 6) is -0.392. The Hall–Kier alpha value is -3.64. The van der Waals surface area contributed by atoms with Crippen molar-refractivity contribution in [3.8, 4) is 0 Å². The van der Waals surface area contributed by atoms with E-state index in [-0.39, 0.29) is 25.1 Å². The smallest absolute Gasteiger partial charge is 0.410 e. The van der Waals surface area contributed by atoms with E-state index in [0.29, 0.717) is 26.0 Å². The number of esters is 1. The quantitative estimate of drug-likeness (QED) is 0.341. The molecule has 3 aromatic carbocycles. The van der Waals surface area contributed by atoms with Crippen molar-refractivity contribution < 1.29 is 23.8 Å². The molecule has 0 aromatic heterocycles. The molecule has 6 nitrogen and oxygen atoms in total. The minimum Gasteiger partial charge on any atom is -0.460 e. The van der Waals surface area contributed by atoms with Gasteiger partial charge in [0.2, 0.25) is 0 Å². The lowest BCUT2D eigenvalue weighted by atomic mass is 9.95. The number of carbonyl (C=O) groups excluding carboxylic acids is 2. The number of rotatable bonds is 10. The van der Waals surface area contributed by atoms with Gasteiger partial charge in [-0.3, -0.25) is 9.69 Å². The maximum Gasteiger partial charge on any atom is 0.410 e. The van der Waals surface area contributed by atoms with Crippen molar-refractivity contribution in [2.75, 3.05) is 6.61 Å². The Morgan fingerprint density at radius 2 is 1.42 bits per heavy atom. The van der Waals surface area contributed by atoms with Gasteiger partial charge < -0.3 is 14.2 Å². The fourth-order valence-corrected chi connectivity index (χ4v) is 4.30. The third kappa shape index (κ3) is 7.18. The van der Waals surface area contributed by atoms with Gasteiger partial charge in [-0.05, 0) is 29.5 Å². The molecule has 188 valence electrons. The first-order valence-corrected chi connectivity index (χ1v) is 12.4. The molecule has 1 unspecified atom stereocenters. The zero-order chi connectivity index (χ0) is 25.2. The van der Waals surface area contributed by atoms with E-state index in [1.165, 1.54) is 0 Å². The summed E-state index contributed by atoms with van der Waals surface area (Å²) in [5.41, 5.74) is 2.89. The summed E-state index contributed by atoms with van der Waals surface area (Å²) >= 11 is 0. The molecule has 0 bridgehead atoms. The zero-order valence-corrected chi connectivity index (χ0v) is 20.6. The second-order valence-corrected chi connectivity index (χ2v) is 9.18. The van der Waals surface area contributed by atoms with Crippen molar-refractivity contribution in [2.24, 2.45) is 5.92 Å². The van der Waals surface area contributed by atoms with E-state index in [2.05, 4.69) is 0 Å². The molecule has 0 N–H and O–H groups in total. The van der Waals surface area contributed by atoms with Crippen LogP contribution in [-0.4, -0.2) is 35.7 Å². The Labute approximate surface area is 212 Å². The lowest BCUT2D eigenvalue weighted by Gasteiger charge is -2.38. The van der Waals surface area contributed by atoms with Crippen LogP contribution in [0.1, 0.15) is 36.5 Å². The molecule has 0 saturated carbocycles. The van der Waals surface area contributed by atoms with Crippen LogP contribution in [0.2, 0.25) is 0 Å². The van der Waals surface area contributed by atoms with E-state index >= 15 is 0 Å². The maximum absolute atomic E-state index is 13.5. The summed E-state index contributed by atoms with van der Waals surface area (Å²) in [4.78, 5) is 27.6. The number of amides is 1. The van der Waals surface area contributed by atoms with Crippen LogP contribution in [0.3, 0.4) is 0 Å². The average molecular weight is 488 g/mol. The van der Waals surface area contributed by atoms with Gasteiger partial charge in [0.15, 0.2) is 0 Å². The van der Waals surface area contributed by atoms with Gasteiger partial charge in [0.05, 0.1) is 25.2 Å². The van der Waals surface area contributed by atoms with Crippen molar-refractivity contribution >= 4 is 12.1 Å². The fraction of sp³-hybridized carbons (Fsp3) is 0.333. The van der Waals surface area contributed by atoms with Crippen molar-refractivity contribution in [1.82, 2.24) is 4.90 Å². The van der Waals surface area contributed by atoms with Gasteiger partial charge in [-0.25, -0.2) is 4.79 Å². The molecular formula is C30H33NO5. The van der Waals surface area contributed by atoms with Crippen LogP contribution in [0.5, 0.6) is 0 Å². The molecule has 1 saturated heterocycles. The third-order valence-corrected chi connectivity index (χ3v) is 6.42. The highest BCUT2D eigenvalue weighted by Gasteiger charge is 2.38. The highest BCUT2D eigenvalue weighted by Crippen LogP contribution is 2.26. The number of ether oxygens (including phenoxy) is 3. The second-order valence-electron chi connectivity index (χ2n) is 9.18. The van der Waals surface area contributed by atoms with Crippen molar-refractivity contribution in [1.29, 1.82) is 0 Å². The number of nitrogens with zero attached hydrogens (tertiary/aromatic N) is 1. The van der Waals surface area contributed by atoms with Crippen LogP contribution in [0.4, 0.5) is 4.79 Å². The Morgan fingerprint density at radius 3 is 2.00 bits per heavy atom. The summed E-state index contributed by atoms with van der Waals surface area (Å²) < 4.78 is 17.7. The van der Waals surface area contributed by atoms with E-state index < -0.39 is 18.2 Å². The first-order chi connectivity index (χ1) is 17.6. The summed E-state index contributed by atoms with van der Waals surface area (Å²) in [6.45, 7) is 2.96. The van der Waals surface area contributed by atoms with Gasteiger partial charge in [-0.2, -0.15) is 0 Å². The van der Waals surface area contributed by atoms with Gasteiger partial charge in [0.25, 0.3) is 0 Å². The monoisotopic (exact) mass is 487 g/mol. The highest BCUT2D eigenvalue weighted by atomic mass is 16.6. The van der Waals surface area contributed by atoms with Crippen molar-refractivity contribution in [3.63, 3.8) is 0 Å². The van der Waals surface area contributed by atoms with Crippen LogP contribution in [-0.2, 0) is 38.8 Å². The molecule has 1 aliphatic rings. The van der Waals surface area contributed by atoms with Crippen LogP contribution in [0.15, 0.2) is 91.0 Å². The molecule has 0 spiro atoms. The molecule has 0 radical (unpaired) electrons. The SMILES string of the molecule is CC1CC[C@@H]([C@@H](COCc2ccccc2)N(Cc2ccccc2)C(=O)OCc2ccccc2)OC1=O. The van der Waals surface area contributed by atoms with Gasteiger partial charge in [0, 0.05) is 6.54 Å². The minimum atomic E-state index is -0.492. The first-order valence-electron chi connectivity index (χ1n) is 12.4. The van der Waals surface area contributed by atoms with E-state index in [1.54, 1.807) is 4.90 Å². The summed E-state index contributed by atoms with van der Waals surface area (Å²) in [6, 6.07) is 28.7. The standard InChI is InChI=1S/C30H33NO5/c1-23-17-18-28(36-29(23)32)27(22-34-20-25-13-7-3-8-14-25)31(19-24-11-5-2-6-12-24)30(33)35-21-26-15-9-4-10-16-26/h2-16,23,27-28H,17-22H2,1H3/t23?,27-,28+/m1/s1. The van der Waals surface area contributed by atoms with Crippen molar-refractivity contribution in [3.05, 3.63) is 108 Å². The van der Waals surface area contributed by atoms with Crippen LogP contribution >= 0.6 is 0 Å². The molecule has 1 fully saturated rings. The van der Waals surface area contributed by atoms with Gasteiger partial charge in [-0.15, -0.1) is 0 Å². The maximum atomic E-state index is 13.5. The zero-order valence-electron chi connectivity index (χ0n) is 20.6. The number of hydrogen-bond acceptors (Lipinski definition) is 5. The summed E-state index contributed by atoms with van der Waals surface area (Å²) in [5, 5.41) is 0. The molecule has 1 aliphatic heterocycles. The van der Waals surface area contributed by atoms with Crippen LogP contribution < -0.4 is 0 Å². The number of benzene rings is 3. The Kier molecular flexibility index (Phi) is 9.11. The van der Waals surface area contributed by atoms with E-state index in [0.717, 1.165) is 16.7 Å². The Balaban J connectivity index is 1.55. The lowest BCUT2D eigenvalue weighted by molar-refractivity contribution is -0.165. The highest BCUT2D eigenvalue weighted by molar-refractivity contribution is 5.73. The third-order valence-electron chi connectivity index (χ3n) is 6.42. The summed E-state index contributed by atoms with van der Waals surface area (Å²) in [7, 11) is 0. The molecule has 1 amide bonds. The lowest BCUT2D eigenvalue weighted by Crippen LogP contribution is -2.52. The normalized spacial score (nSPS) is 18.2. The molecule has 6 heteroatoms. The predicted octanol–water partition coefficient (Wildman–Crippen LogP) is 5.75. The molecule has 3 aromatic rings. The van der Waals surface area contributed by atoms with E-state index in [4.69, 9.17) is 14.2 Å². The largest absolute Gasteiger partial charge is 0.460 e. The van der Waals surface area contributed by atoms with Crippen LogP contribution in [0.25, 0.3) is 0 Å².